The van der Waals surface area contributed by atoms with Crippen molar-refractivity contribution in [3.63, 3.8) is 0 Å². The molecule has 1 aromatic rings. The summed E-state index contributed by atoms with van der Waals surface area (Å²) in [6.45, 7) is 5.18. The molecule has 26 heavy (non-hydrogen) atoms. The SMILES string of the molecule is CC1SCCN(C(=O)CC2(CC(=O)Nc3nccs3)CCCCC2)C1C. The van der Waals surface area contributed by atoms with Crippen molar-refractivity contribution in [1.29, 1.82) is 0 Å². The average molecular weight is 396 g/mol. The second-order valence-electron chi connectivity index (χ2n) is 7.70. The Bertz CT molecular complexity index is 614. The number of carbonyl (C=O) groups is 2. The van der Waals surface area contributed by atoms with Crippen LogP contribution in [0.1, 0.15) is 58.8 Å². The van der Waals surface area contributed by atoms with E-state index in [2.05, 4.69) is 29.0 Å². The smallest absolute Gasteiger partial charge is 0.226 e. The Labute approximate surface area is 164 Å². The van der Waals surface area contributed by atoms with Crippen LogP contribution in [0.3, 0.4) is 0 Å². The Balaban J connectivity index is 1.66. The van der Waals surface area contributed by atoms with E-state index >= 15 is 0 Å². The summed E-state index contributed by atoms with van der Waals surface area (Å²) < 4.78 is 0. The molecule has 1 saturated heterocycles. The van der Waals surface area contributed by atoms with Crippen molar-refractivity contribution in [2.75, 3.05) is 17.6 Å². The van der Waals surface area contributed by atoms with Gasteiger partial charge in [-0.15, -0.1) is 11.3 Å². The first-order chi connectivity index (χ1) is 12.5. The zero-order valence-corrected chi connectivity index (χ0v) is 17.3. The molecule has 2 unspecified atom stereocenters. The minimum atomic E-state index is -0.190. The van der Waals surface area contributed by atoms with Gasteiger partial charge in [-0.25, -0.2) is 4.98 Å². The Morgan fingerprint density at radius 2 is 2.04 bits per heavy atom. The summed E-state index contributed by atoms with van der Waals surface area (Å²) >= 11 is 3.37. The first-order valence-corrected chi connectivity index (χ1v) is 11.5. The van der Waals surface area contributed by atoms with Crippen molar-refractivity contribution in [2.45, 2.75) is 70.1 Å². The summed E-state index contributed by atoms with van der Waals surface area (Å²) in [5.74, 6) is 1.23. The molecule has 1 saturated carbocycles. The van der Waals surface area contributed by atoms with E-state index in [1.807, 2.05) is 17.1 Å². The van der Waals surface area contributed by atoms with Crippen LogP contribution in [0, 0.1) is 5.41 Å². The molecule has 2 fully saturated rings. The highest BCUT2D eigenvalue weighted by molar-refractivity contribution is 8.00. The van der Waals surface area contributed by atoms with Gasteiger partial charge in [0.25, 0.3) is 0 Å². The third kappa shape index (κ3) is 4.80. The fourth-order valence-electron chi connectivity index (χ4n) is 4.21. The summed E-state index contributed by atoms with van der Waals surface area (Å²) in [5.41, 5.74) is -0.190. The first-order valence-electron chi connectivity index (χ1n) is 9.59. The Hall–Kier alpha value is -1.08. The number of thioether (sulfide) groups is 1. The van der Waals surface area contributed by atoms with Crippen LogP contribution in [0.4, 0.5) is 5.13 Å². The van der Waals surface area contributed by atoms with Crippen LogP contribution >= 0.6 is 23.1 Å². The number of aromatic nitrogens is 1. The van der Waals surface area contributed by atoms with E-state index in [0.29, 0.717) is 23.2 Å². The van der Waals surface area contributed by atoms with Crippen molar-refractivity contribution in [2.24, 2.45) is 5.41 Å². The predicted molar refractivity (Wildman–Crippen MR) is 109 cm³/mol. The van der Waals surface area contributed by atoms with Gasteiger partial charge in [0.1, 0.15) is 0 Å². The van der Waals surface area contributed by atoms with Crippen LogP contribution in [0.5, 0.6) is 0 Å². The lowest BCUT2D eigenvalue weighted by Crippen LogP contribution is -2.49. The number of nitrogens with one attached hydrogen (secondary N) is 1. The van der Waals surface area contributed by atoms with Crippen LogP contribution in [0.25, 0.3) is 0 Å². The van der Waals surface area contributed by atoms with E-state index < -0.39 is 0 Å². The normalized spacial score (nSPS) is 25.7. The zero-order chi connectivity index (χ0) is 18.6. The molecule has 1 N–H and O–H groups in total. The van der Waals surface area contributed by atoms with Gasteiger partial charge in [0.05, 0.1) is 0 Å². The predicted octanol–water partition coefficient (Wildman–Crippen LogP) is 4.16. The van der Waals surface area contributed by atoms with E-state index in [1.165, 1.54) is 17.8 Å². The first kappa shape index (κ1) is 19.7. The van der Waals surface area contributed by atoms with E-state index in [1.54, 1.807) is 6.20 Å². The number of amides is 2. The number of carbonyl (C=O) groups excluding carboxylic acids is 2. The van der Waals surface area contributed by atoms with Crippen LogP contribution in [0.15, 0.2) is 11.6 Å². The molecule has 0 bridgehead atoms. The average Bonchev–Trinajstić information content (AvgIpc) is 3.10. The number of rotatable bonds is 5. The number of nitrogens with zero attached hydrogens (tertiary/aromatic N) is 2. The molecule has 1 aliphatic carbocycles. The molecule has 7 heteroatoms. The molecular weight excluding hydrogens is 366 g/mol. The maximum Gasteiger partial charge on any atom is 0.226 e. The highest BCUT2D eigenvalue weighted by atomic mass is 32.2. The van der Waals surface area contributed by atoms with Crippen LogP contribution in [-0.4, -0.2) is 45.3 Å². The van der Waals surface area contributed by atoms with E-state index in [9.17, 15) is 9.59 Å². The number of hydrogen-bond acceptors (Lipinski definition) is 5. The van der Waals surface area contributed by atoms with Crippen molar-refractivity contribution >= 4 is 40.0 Å². The topological polar surface area (TPSA) is 62.3 Å². The van der Waals surface area contributed by atoms with Crippen LogP contribution in [0.2, 0.25) is 0 Å². The lowest BCUT2D eigenvalue weighted by Gasteiger charge is -2.42. The lowest BCUT2D eigenvalue weighted by molar-refractivity contribution is -0.137. The molecule has 3 rings (SSSR count). The summed E-state index contributed by atoms with van der Waals surface area (Å²) in [6.07, 6.45) is 7.98. The van der Waals surface area contributed by atoms with E-state index in [4.69, 9.17) is 0 Å². The molecule has 2 amide bonds. The van der Waals surface area contributed by atoms with Crippen molar-refractivity contribution < 1.29 is 9.59 Å². The van der Waals surface area contributed by atoms with Gasteiger partial charge in [-0.1, -0.05) is 26.2 Å². The molecule has 0 aromatic carbocycles. The van der Waals surface area contributed by atoms with Gasteiger partial charge >= 0.3 is 0 Å². The summed E-state index contributed by atoms with van der Waals surface area (Å²) in [4.78, 5) is 31.9. The minimum absolute atomic E-state index is 0.00901. The molecule has 5 nitrogen and oxygen atoms in total. The Morgan fingerprint density at radius 3 is 2.73 bits per heavy atom. The molecule has 0 spiro atoms. The largest absolute Gasteiger partial charge is 0.338 e. The summed E-state index contributed by atoms with van der Waals surface area (Å²) in [6, 6.07) is 0.269. The summed E-state index contributed by atoms with van der Waals surface area (Å²) in [5, 5.41) is 5.87. The minimum Gasteiger partial charge on any atom is -0.338 e. The van der Waals surface area contributed by atoms with Crippen LogP contribution in [-0.2, 0) is 9.59 Å². The molecular formula is C19H29N3O2S2. The molecule has 2 aliphatic rings. The van der Waals surface area contributed by atoms with Gasteiger partial charge in [-0.05, 0) is 25.2 Å². The second kappa shape index (κ2) is 8.74. The number of hydrogen-bond donors (Lipinski definition) is 1. The molecule has 144 valence electrons. The van der Waals surface area contributed by atoms with E-state index in [-0.39, 0.29) is 23.3 Å². The van der Waals surface area contributed by atoms with Crippen molar-refractivity contribution in [3.8, 4) is 0 Å². The quantitative estimate of drug-likeness (QED) is 0.813. The molecule has 2 atom stereocenters. The van der Waals surface area contributed by atoms with Gasteiger partial charge in [-0.3, -0.25) is 9.59 Å². The van der Waals surface area contributed by atoms with Crippen molar-refractivity contribution in [1.82, 2.24) is 9.88 Å². The number of thiazole rings is 1. The maximum absolute atomic E-state index is 13.1. The van der Waals surface area contributed by atoms with Crippen LogP contribution < -0.4 is 5.32 Å². The maximum atomic E-state index is 13.1. The highest BCUT2D eigenvalue weighted by Crippen LogP contribution is 2.43. The molecule has 1 aromatic heterocycles. The van der Waals surface area contributed by atoms with Gasteiger partial charge in [0.2, 0.25) is 11.8 Å². The van der Waals surface area contributed by atoms with Gasteiger partial charge in [-0.2, -0.15) is 11.8 Å². The molecule has 0 radical (unpaired) electrons. The van der Waals surface area contributed by atoms with Gasteiger partial charge < -0.3 is 10.2 Å². The third-order valence-corrected chi connectivity index (χ3v) is 7.89. The Kier molecular flexibility index (Phi) is 6.61. The monoisotopic (exact) mass is 395 g/mol. The fraction of sp³-hybridized carbons (Fsp3) is 0.737. The zero-order valence-electron chi connectivity index (χ0n) is 15.7. The number of anilines is 1. The van der Waals surface area contributed by atoms with Gasteiger partial charge in [0, 0.05) is 48.0 Å². The fourth-order valence-corrected chi connectivity index (χ4v) is 5.86. The summed E-state index contributed by atoms with van der Waals surface area (Å²) in [7, 11) is 0. The van der Waals surface area contributed by atoms with E-state index in [0.717, 1.165) is 38.0 Å². The third-order valence-electron chi connectivity index (χ3n) is 5.86. The molecule has 2 heterocycles. The highest BCUT2D eigenvalue weighted by Gasteiger charge is 2.39. The molecule has 1 aliphatic heterocycles. The van der Waals surface area contributed by atoms with Crippen molar-refractivity contribution in [3.05, 3.63) is 11.6 Å². The lowest BCUT2D eigenvalue weighted by atomic mass is 9.69. The Morgan fingerprint density at radius 1 is 1.27 bits per heavy atom. The standard InChI is InChI=1S/C19H29N3O2S2/c1-14-15(2)25-11-9-22(14)17(24)13-19(6-4-3-5-7-19)12-16(23)21-18-20-8-10-26-18/h8,10,14-15H,3-7,9,11-13H2,1-2H3,(H,20,21,23). The second-order valence-corrected chi connectivity index (χ2v) is 10.1. The van der Waals surface area contributed by atoms with Gasteiger partial charge in [0.15, 0.2) is 5.13 Å².